The standard InChI is InChI=1S/C18H21NO3S/c1-21-10-11-22-13-17(20)19-9-7-16-15(8-12-23-16)18(19)14-5-3-2-4-6-14/h2-6,8,12,18H,7,9-11,13H2,1H3/t18-/m0/s1. The van der Waals surface area contributed by atoms with Gasteiger partial charge in [0.1, 0.15) is 6.61 Å². The van der Waals surface area contributed by atoms with Crippen molar-refractivity contribution in [3.63, 3.8) is 0 Å². The third-order valence-electron chi connectivity index (χ3n) is 4.06. The summed E-state index contributed by atoms with van der Waals surface area (Å²) in [4.78, 5) is 16.0. The number of benzene rings is 1. The maximum Gasteiger partial charge on any atom is 0.249 e. The number of hydrogen-bond donors (Lipinski definition) is 0. The smallest absolute Gasteiger partial charge is 0.249 e. The molecular weight excluding hydrogens is 310 g/mol. The predicted octanol–water partition coefficient (Wildman–Crippen LogP) is 2.89. The molecule has 3 rings (SSSR count). The number of thiophene rings is 1. The first kappa shape index (κ1) is 16.2. The Kier molecular flexibility index (Phi) is 5.43. The van der Waals surface area contributed by atoms with E-state index in [4.69, 9.17) is 9.47 Å². The maximum absolute atomic E-state index is 12.6. The third-order valence-corrected chi connectivity index (χ3v) is 5.06. The van der Waals surface area contributed by atoms with Gasteiger partial charge in [0.15, 0.2) is 0 Å². The second-order valence-electron chi connectivity index (χ2n) is 5.49. The Bertz CT molecular complexity index is 641. The summed E-state index contributed by atoms with van der Waals surface area (Å²) in [6, 6.07) is 12.3. The van der Waals surface area contributed by atoms with E-state index >= 15 is 0 Å². The van der Waals surface area contributed by atoms with E-state index in [1.807, 2.05) is 23.1 Å². The summed E-state index contributed by atoms with van der Waals surface area (Å²) in [5.41, 5.74) is 2.40. The van der Waals surface area contributed by atoms with E-state index in [0.717, 1.165) is 18.5 Å². The van der Waals surface area contributed by atoms with Crippen LogP contribution in [-0.4, -0.2) is 44.3 Å². The van der Waals surface area contributed by atoms with Crippen molar-refractivity contribution in [3.05, 3.63) is 57.8 Å². The number of fused-ring (bicyclic) bond motifs is 1. The molecule has 23 heavy (non-hydrogen) atoms. The number of amides is 1. The normalized spacial score (nSPS) is 17.1. The fourth-order valence-corrected chi connectivity index (χ4v) is 3.87. The Labute approximate surface area is 140 Å². The lowest BCUT2D eigenvalue weighted by Gasteiger charge is -2.36. The quantitative estimate of drug-likeness (QED) is 0.764. The zero-order valence-corrected chi connectivity index (χ0v) is 14.1. The molecule has 0 aliphatic carbocycles. The zero-order valence-electron chi connectivity index (χ0n) is 13.2. The van der Waals surface area contributed by atoms with Crippen molar-refractivity contribution in [2.45, 2.75) is 12.5 Å². The zero-order chi connectivity index (χ0) is 16.1. The van der Waals surface area contributed by atoms with Crippen molar-refractivity contribution in [1.29, 1.82) is 0 Å². The van der Waals surface area contributed by atoms with Crippen LogP contribution >= 0.6 is 11.3 Å². The molecule has 122 valence electrons. The van der Waals surface area contributed by atoms with Gasteiger partial charge in [-0.3, -0.25) is 4.79 Å². The minimum absolute atomic E-state index is 0.00951. The van der Waals surface area contributed by atoms with Gasteiger partial charge in [0, 0.05) is 18.5 Å². The predicted molar refractivity (Wildman–Crippen MR) is 90.7 cm³/mol. The molecule has 0 fully saturated rings. The molecule has 1 atom stereocenters. The molecule has 1 aromatic carbocycles. The lowest BCUT2D eigenvalue weighted by molar-refractivity contribution is -0.138. The van der Waals surface area contributed by atoms with Gasteiger partial charge < -0.3 is 14.4 Å². The van der Waals surface area contributed by atoms with Crippen LogP contribution in [0.1, 0.15) is 22.0 Å². The summed E-state index contributed by atoms with van der Waals surface area (Å²) in [5, 5.41) is 2.11. The highest BCUT2D eigenvalue weighted by Gasteiger charge is 2.32. The van der Waals surface area contributed by atoms with E-state index in [9.17, 15) is 4.79 Å². The molecule has 0 N–H and O–H groups in total. The second kappa shape index (κ2) is 7.73. The van der Waals surface area contributed by atoms with Crippen LogP contribution in [-0.2, 0) is 20.7 Å². The molecule has 1 amide bonds. The van der Waals surface area contributed by atoms with E-state index in [1.165, 1.54) is 10.4 Å². The van der Waals surface area contributed by atoms with Crippen LogP contribution < -0.4 is 0 Å². The summed E-state index contributed by atoms with van der Waals surface area (Å²) in [7, 11) is 1.62. The highest BCUT2D eigenvalue weighted by Crippen LogP contribution is 2.37. The molecular formula is C18H21NO3S. The molecule has 4 nitrogen and oxygen atoms in total. The molecule has 0 saturated heterocycles. The van der Waals surface area contributed by atoms with Crippen LogP contribution in [0.5, 0.6) is 0 Å². The minimum Gasteiger partial charge on any atom is -0.382 e. The van der Waals surface area contributed by atoms with Gasteiger partial charge in [-0.2, -0.15) is 0 Å². The average molecular weight is 331 g/mol. The summed E-state index contributed by atoms with van der Waals surface area (Å²) in [5.74, 6) is 0.0341. The molecule has 0 bridgehead atoms. The molecule has 0 unspecified atom stereocenters. The van der Waals surface area contributed by atoms with Crippen LogP contribution in [0.15, 0.2) is 41.8 Å². The molecule has 1 aliphatic heterocycles. The van der Waals surface area contributed by atoms with Crippen LogP contribution in [0.4, 0.5) is 0 Å². The molecule has 1 aromatic heterocycles. The Morgan fingerprint density at radius 1 is 1.26 bits per heavy atom. The monoisotopic (exact) mass is 331 g/mol. The van der Waals surface area contributed by atoms with Gasteiger partial charge >= 0.3 is 0 Å². The first-order valence-electron chi connectivity index (χ1n) is 7.78. The number of nitrogens with zero attached hydrogens (tertiary/aromatic N) is 1. The van der Waals surface area contributed by atoms with Crippen molar-refractivity contribution in [2.24, 2.45) is 0 Å². The molecule has 0 spiro atoms. The van der Waals surface area contributed by atoms with E-state index in [2.05, 4.69) is 23.6 Å². The van der Waals surface area contributed by atoms with Gasteiger partial charge in [0.25, 0.3) is 0 Å². The SMILES string of the molecule is COCCOCC(=O)N1CCc2sccc2[C@@H]1c1ccccc1. The molecule has 2 aromatic rings. The molecule has 0 radical (unpaired) electrons. The maximum atomic E-state index is 12.6. The van der Waals surface area contributed by atoms with Gasteiger partial charge in [-0.1, -0.05) is 30.3 Å². The number of hydrogen-bond acceptors (Lipinski definition) is 4. The van der Waals surface area contributed by atoms with E-state index in [-0.39, 0.29) is 18.6 Å². The van der Waals surface area contributed by atoms with Crippen molar-refractivity contribution in [1.82, 2.24) is 4.90 Å². The second-order valence-corrected chi connectivity index (χ2v) is 6.50. The fourth-order valence-electron chi connectivity index (χ4n) is 2.96. The Balaban J connectivity index is 1.80. The van der Waals surface area contributed by atoms with Gasteiger partial charge in [-0.25, -0.2) is 0 Å². The molecule has 0 saturated carbocycles. The lowest BCUT2D eigenvalue weighted by atomic mass is 9.93. The van der Waals surface area contributed by atoms with Gasteiger partial charge in [-0.05, 0) is 29.0 Å². The van der Waals surface area contributed by atoms with Crippen LogP contribution in [0.3, 0.4) is 0 Å². The summed E-state index contributed by atoms with van der Waals surface area (Å²) >= 11 is 1.78. The number of rotatable bonds is 6. The number of carbonyl (C=O) groups excluding carboxylic acids is 1. The van der Waals surface area contributed by atoms with Crippen molar-refractivity contribution < 1.29 is 14.3 Å². The average Bonchev–Trinajstić information content (AvgIpc) is 3.07. The largest absolute Gasteiger partial charge is 0.382 e. The number of carbonyl (C=O) groups is 1. The first-order chi connectivity index (χ1) is 11.3. The van der Waals surface area contributed by atoms with Gasteiger partial charge in [0.05, 0.1) is 19.3 Å². The van der Waals surface area contributed by atoms with Crippen molar-refractivity contribution >= 4 is 17.2 Å². The molecule has 5 heteroatoms. The summed E-state index contributed by atoms with van der Waals surface area (Å²) in [6.45, 7) is 1.78. The number of ether oxygens (including phenoxy) is 2. The highest BCUT2D eigenvalue weighted by atomic mass is 32.1. The van der Waals surface area contributed by atoms with E-state index in [1.54, 1.807) is 18.4 Å². The Hall–Kier alpha value is -1.69. The molecule has 2 heterocycles. The highest BCUT2D eigenvalue weighted by molar-refractivity contribution is 7.10. The summed E-state index contributed by atoms with van der Waals surface area (Å²) < 4.78 is 10.4. The van der Waals surface area contributed by atoms with E-state index in [0.29, 0.717) is 13.2 Å². The first-order valence-corrected chi connectivity index (χ1v) is 8.66. The van der Waals surface area contributed by atoms with Crippen LogP contribution in [0, 0.1) is 0 Å². The minimum atomic E-state index is -0.00951. The van der Waals surface area contributed by atoms with Crippen molar-refractivity contribution in [2.75, 3.05) is 33.5 Å². The Morgan fingerprint density at radius 2 is 2.09 bits per heavy atom. The topological polar surface area (TPSA) is 38.8 Å². The van der Waals surface area contributed by atoms with Gasteiger partial charge in [0.2, 0.25) is 5.91 Å². The fraction of sp³-hybridized carbons (Fsp3) is 0.389. The van der Waals surface area contributed by atoms with E-state index < -0.39 is 0 Å². The molecule has 1 aliphatic rings. The number of methoxy groups -OCH3 is 1. The third kappa shape index (κ3) is 3.63. The Morgan fingerprint density at radius 3 is 2.87 bits per heavy atom. The lowest BCUT2D eigenvalue weighted by Crippen LogP contribution is -2.42. The van der Waals surface area contributed by atoms with Crippen molar-refractivity contribution in [3.8, 4) is 0 Å². The summed E-state index contributed by atoms with van der Waals surface area (Å²) in [6.07, 6.45) is 0.917. The van der Waals surface area contributed by atoms with Crippen LogP contribution in [0.2, 0.25) is 0 Å². The van der Waals surface area contributed by atoms with Crippen LogP contribution in [0.25, 0.3) is 0 Å². The van der Waals surface area contributed by atoms with Gasteiger partial charge in [-0.15, -0.1) is 11.3 Å².